The number of anilines is 1. The summed E-state index contributed by atoms with van der Waals surface area (Å²) in [5, 5.41) is 2.74. The van der Waals surface area contributed by atoms with E-state index in [2.05, 4.69) is 5.32 Å². The van der Waals surface area contributed by atoms with Crippen LogP contribution < -0.4 is 19.5 Å². The van der Waals surface area contributed by atoms with E-state index in [0.29, 0.717) is 43.5 Å². The number of amides is 1. The summed E-state index contributed by atoms with van der Waals surface area (Å²) in [5.41, 5.74) is 1.14. The van der Waals surface area contributed by atoms with Crippen LogP contribution in [0.2, 0.25) is 0 Å². The Morgan fingerprint density at radius 1 is 0.971 bits per heavy atom. The van der Waals surface area contributed by atoms with Crippen LogP contribution in [0.3, 0.4) is 0 Å². The average molecular weight is 489 g/mol. The molecule has 1 saturated heterocycles. The lowest BCUT2D eigenvalue weighted by molar-refractivity contribution is -0.111. The number of methoxy groups -OCH3 is 1. The van der Waals surface area contributed by atoms with E-state index in [1.54, 1.807) is 44.4 Å². The largest absolute Gasteiger partial charge is 0.493 e. The van der Waals surface area contributed by atoms with Crippen molar-refractivity contribution in [2.45, 2.75) is 38.0 Å². The number of ether oxygens (including phenoxy) is 3. The van der Waals surface area contributed by atoms with Crippen molar-refractivity contribution in [2.75, 3.05) is 38.7 Å². The van der Waals surface area contributed by atoms with Crippen LogP contribution in [0.4, 0.5) is 5.69 Å². The molecule has 184 valence electrons. The third-order valence-electron chi connectivity index (χ3n) is 5.36. The van der Waals surface area contributed by atoms with Gasteiger partial charge in [-0.3, -0.25) is 4.79 Å². The summed E-state index contributed by atoms with van der Waals surface area (Å²) in [6.07, 6.45) is 5.72. The average Bonchev–Trinajstić information content (AvgIpc) is 2.84. The Bertz CT molecular complexity index is 1120. The zero-order valence-electron chi connectivity index (χ0n) is 19.9. The molecule has 1 aliphatic rings. The third-order valence-corrected chi connectivity index (χ3v) is 7.28. The monoisotopic (exact) mass is 488 g/mol. The van der Waals surface area contributed by atoms with Crippen molar-refractivity contribution < 1.29 is 27.4 Å². The summed E-state index contributed by atoms with van der Waals surface area (Å²) >= 11 is 0. The molecular formula is C25H32N2O6S. The minimum Gasteiger partial charge on any atom is -0.493 e. The highest BCUT2D eigenvalue weighted by Gasteiger charge is 2.29. The summed E-state index contributed by atoms with van der Waals surface area (Å²) in [4.78, 5) is 12.6. The van der Waals surface area contributed by atoms with Crippen molar-refractivity contribution in [3.05, 3.63) is 48.0 Å². The predicted octanol–water partition coefficient (Wildman–Crippen LogP) is 4.32. The van der Waals surface area contributed by atoms with Crippen LogP contribution in [0.1, 0.15) is 38.7 Å². The van der Waals surface area contributed by atoms with Gasteiger partial charge in [0, 0.05) is 24.9 Å². The first-order valence-corrected chi connectivity index (χ1v) is 12.9. The molecule has 1 N–H and O–H groups in total. The molecule has 1 fully saturated rings. The lowest BCUT2D eigenvalue weighted by Crippen LogP contribution is -2.35. The first-order chi connectivity index (χ1) is 16.4. The van der Waals surface area contributed by atoms with Crippen molar-refractivity contribution >= 4 is 27.7 Å². The van der Waals surface area contributed by atoms with Crippen molar-refractivity contribution in [1.82, 2.24) is 4.31 Å². The van der Waals surface area contributed by atoms with Crippen LogP contribution in [0, 0.1) is 0 Å². The summed E-state index contributed by atoms with van der Waals surface area (Å²) in [6.45, 7) is 5.48. The van der Waals surface area contributed by atoms with Crippen LogP contribution in [-0.4, -0.2) is 52.0 Å². The summed E-state index contributed by atoms with van der Waals surface area (Å²) < 4.78 is 44.4. The van der Waals surface area contributed by atoms with Crippen LogP contribution in [-0.2, 0) is 14.8 Å². The van der Waals surface area contributed by atoms with E-state index in [0.717, 1.165) is 24.8 Å². The Balaban J connectivity index is 1.79. The van der Waals surface area contributed by atoms with E-state index in [1.807, 2.05) is 13.0 Å². The topological polar surface area (TPSA) is 94.2 Å². The van der Waals surface area contributed by atoms with Crippen molar-refractivity contribution in [3.63, 3.8) is 0 Å². The van der Waals surface area contributed by atoms with E-state index < -0.39 is 10.0 Å². The summed E-state index contributed by atoms with van der Waals surface area (Å²) in [7, 11) is -2.17. The smallest absolute Gasteiger partial charge is 0.248 e. The number of nitrogens with zero attached hydrogens (tertiary/aromatic N) is 1. The van der Waals surface area contributed by atoms with Gasteiger partial charge >= 0.3 is 0 Å². The highest BCUT2D eigenvalue weighted by atomic mass is 32.2. The molecule has 0 unspecified atom stereocenters. The van der Waals surface area contributed by atoms with Gasteiger partial charge in [-0.25, -0.2) is 8.42 Å². The lowest BCUT2D eigenvalue weighted by Gasteiger charge is -2.26. The second-order valence-electron chi connectivity index (χ2n) is 7.73. The number of carbonyl (C=O) groups excluding carboxylic acids is 1. The molecule has 0 aliphatic carbocycles. The second-order valence-corrected chi connectivity index (χ2v) is 9.63. The Morgan fingerprint density at radius 2 is 1.65 bits per heavy atom. The van der Waals surface area contributed by atoms with Crippen LogP contribution >= 0.6 is 0 Å². The van der Waals surface area contributed by atoms with E-state index in [-0.39, 0.29) is 16.6 Å². The Morgan fingerprint density at radius 3 is 2.32 bits per heavy atom. The van der Waals surface area contributed by atoms with Crippen LogP contribution in [0.15, 0.2) is 47.4 Å². The van der Waals surface area contributed by atoms with Gasteiger partial charge < -0.3 is 19.5 Å². The molecule has 0 spiro atoms. The molecule has 0 bridgehead atoms. The molecule has 1 amide bonds. The minimum atomic E-state index is -3.73. The van der Waals surface area contributed by atoms with Gasteiger partial charge in [-0.15, -0.1) is 0 Å². The quantitative estimate of drug-likeness (QED) is 0.501. The number of piperidine rings is 1. The Labute approximate surface area is 201 Å². The highest BCUT2D eigenvalue weighted by Crippen LogP contribution is 2.32. The van der Waals surface area contributed by atoms with Gasteiger partial charge in [0.15, 0.2) is 11.5 Å². The molecule has 8 nitrogen and oxygen atoms in total. The van der Waals surface area contributed by atoms with Crippen molar-refractivity contribution in [3.8, 4) is 17.2 Å². The standard InChI is InChI=1S/C25H32N2O6S/c1-4-32-22-13-11-20(18-24(22)34(29,30)27-15-7-6-8-16-27)26-25(28)14-10-19-9-12-21(31-3)23(17-19)33-5-2/h9-14,17-18H,4-8,15-16H2,1-3H3,(H,26,28)/b14-10+. The number of nitrogens with one attached hydrogen (secondary N) is 1. The Kier molecular flexibility index (Phi) is 8.95. The molecule has 2 aromatic rings. The number of benzene rings is 2. The third kappa shape index (κ3) is 6.30. The van der Waals surface area contributed by atoms with E-state index in [1.165, 1.54) is 16.4 Å². The molecule has 0 atom stereocenters. The first-order valence-electron chi connectivity index (χ1n) is 11.5. The maximum atomic E-state index is 13.3. The van der Waals surface area contributed by atoms with Crippen molar-refractivity contribution in [1.29, 1.82) is 0 Å². The van der Waals surface area contributed by atoms with Gasteiger partial charge in [0.05, 0.1) is 20.3 Å². The zero-order valence-corrected chi connectivity index (χ0v) is 20.7. The van der Waals surface area contributed by atoms with Gasteiger partial charge in [0.2, 0.25) is 15.9 Å². The molecule has 0 radical (unpaired) electrons. The van der Waals surface area contributed by atoms with Gasteiger partial charge in [0.25, 0.3) is 0 Å². The molecule has 3 rings (SSSR count). The molecular weight excluding hydrogens is 456 g/mol. The van der Waals surface area contributed by atoms with E-state index in [9.17, 15) is 13.2 Å². The fraction of sp³-hybridized carbons (Fsp3) is 0.400. The number of hydrogen-bond acceptors (Lipinski definition) is 6. The zero-order chi connectivity index (χ0) is 24.6. The predicted molar refractivity (Wildman–Crippen MR) is 132 cm³/mol. The number of carbonyl (C=O) groups is 1. The lowest BCUT2D eigenvalue weighted by atomic mass is 10.2. The summed E-state index contributed by atoms with van der Waals surface area (Å²) in [6, 6.07) is 10.0. The van der Waals surface area contributed by atoms with Gasteiger partial charge in [-0.2, -0.15) is 4.31 Å². The highest BCUT2D eigenvalue weighted by molar-refractivity contribution is 7.89. The van der Waals surface area contributed by atoms with Crippen molar-refractivity contribution in [2.24, 2.45) is 0 Å². The van der Waals surface area contributed by atoms with Crippen LogP contribution in [0.5, 0.6) is 17.2 Å². The number of rotatable bonds is 10. The van der Waals surface area contributed by atoms with E-state index in [4.69, 9.17) is 14.2 Å². The van der Waals surface area contributed by atoms with E-state index >= 15 is 0 Å². The molecule has 1 aliphatic heterocycles. The minimum absolute atomic E-state index is 0.0644. The first kappa shape index (κ1) is 25.6. The fourth-order valence-corrected chi connectivity index (χ4v) is 5.40. The molecule has 9 heteroatoms. The second kappa shape index (κ2) is 11.9. The van der Waals surface area contributed by atoms with Crippen LogP contribution in [0.25, 0.3) is 6.08 Å². The molecule has 1 heterocycles. The molecule has 0 aromatic heterocycles. The summed E-state index contributed by atoms with van der Waals surface area (Å²) in [5.74, 6) is 1.09. The SMILES string of the molecule is CCOc1cc(/C=C/C(=O)Nc2ccc(OCC)c(S(=O)(=O)N3CCCCC3)c2)ccc1OC. The molecule has 34 heavy (non-hydrogen) atoms. The fourth-order valence-electron chi connectivity index (χ4n) is 3.73. The van der Waals surface area contributed by atoms with Gasteiger partial charge in [-0.1, -0.05) is 12.5 Å². The Hall–Kier alpha value is -3.04. The van der Waals surface area contributed by atoms with Gasteiger partial charge in [0.1, 0.15) is 10.6 Å². The number of sulfonamides is 1. The maximum Gasteiger partial charge on any atom is 0.248 e. The van der Waals surface area contributed by atoms with Gasteiger partial charge in [-0.05, 0) is 68.7 Å². The maximum absolute atomic E-state index is 13.3. The molecule has 0 saturated carbocycles. The number of hydrogen-bond donors (Lipinski definition) is 1. The molecule has 2 aromatic carbocycles. The normalized spacial score (nSPS) is 14.7.